The molecule has 2 aromatic rings. The summed E-state index contributed by atoms with van der Waals surface area (Å²) in [6.45, 7) is 0. The predicted octanol–water partition coefficient (Wildman–Crippen LogP) is 4.14. The van der Waals surface area contributed by atoms with E-state index < -0.39 is 26.2 Å². The maximum Gasteiger partial charge on any atom is 0.501 e. The van der Waals surface area contributed by atoms with Gasteiger partial charge in [0.1, 0.15) is 0 Å². The number of esters is 1. The SMILES string of the molecule is COC(=O)/C=C/C=C(\c1ccccc1)c1ccc(S(=O)(=O)C(F)(F)F)cc1. The number of halogens is 3. The quantitative estimate of drug-likeness (QED) is 0.433. The first-order valence-corrected chi connectivity index (χ1v) is 9.08. The highest BCUT2D eigenvalue weighted by Gasteiger charge is 2.46. The van der Waals surface area contributed by atoms with Crippen molar-refractivity contribution in [2.24, 2.45) is 0 Å². The van der Waals surface area contributed by atoms with Crippen molar-refractivity contribution in [2.75, 3.05) is 7.11 Å². The first-order valence-electron chi connectivity index (χ1n) is 7.60. The third-order valence-electron chi connectivity index (χ3n) is 3.56. The molecule has 8 heteroatoms. The molecule has 0 bridgehead atoms. The number of ether oxygens (including phenoxy) is 1. The molecule has 2 aromatic carbocycles. The highest BCUT2D eigenvalue weighted by molar-refractivity contribution is 7.92. The smallest absolute Gasteiger partial charge is 0.466 e. The third kappa shape index (κ3) is 4.85. The Labute approximate surface area is 154 Å². The van der Waals surface area contributed by atoms with Gasteiger partial charge in [-0.2, -0.15) is 13.2 Å². The van der Waals surface area contributed by atoms with Gasteiger partial charge in [0.05, 0.1) is 12.0 Å². The number of hydrogen-bond donors (Lipinski definition) is 0. The minimum atomic E-state index is -5.41. The van der Waals surface area contributed by atoms with Gasteiger partial charge in [-0.3, -0.25) is 0 Å². The van der Waals surface area contributed by atoms with E-state index in [4.69, 9.17) is 0 Å². The fourth-order valence-electron chi connectivity index (χ4n) is 2.22. The summed E-state index contributed by atoms with van der Waals surface area (Å²) in [6, 6.07) is 13.3. The average Bonchev–Trinajstić information content (AvgIpc) is 2.65. The van der Waals surface area contributed by atoms with Crippen LogP contribution < -0.4 is 0 Å². The molecule has 0 fully saturated rings. The van der Waals surface area contributed by atoms with E-state index in [-0.39, 0.29) is 0 Å². The highest BCUT2D eigenvalue weighted by Crippen LogP contribution is 2.31. The standard InChI is InChI=1S/C19H15F3O4S/c1-26-18(23)9-5-8-17(14-6-3-2-4-7-14)15-10-12-16(13-11-15)27(24,25)19(20,21)22/h2-13H,1H3/b9-5+,17-8+. The van der Waals surface area contributed by atoms with Crippen LogP contribution in [0.1, 0.15) is 11.1 Å². The third-order valence-corrected chi connectivity index (χ3v) is 5.06. The molecule has 142 valence electrons. The van der Waals surface area contributed by atoms with Gasteiger partial charge in [0.15, 0.2) is 0 Å². The Morgan fingerprint density at radius 3 is 2.04 bits per heavy atom. The van der Waals surface area contributed by atoms with Crippen molar-refractivity contribution in [1.29, 1.82) is 0 Å². The second kappa shape index (κ2) is 8.22. The monoisotopic (exact) mass is 396 g/mol. The van der Waals surface area contributed by atoms with Crippen molar-refractivity contribution < 1.29 is 31.1 Å². The molecule has 27 heavy (non-hydrogen) atoms. The molecule has 0 heterocycles. The number of benzene rings is 2. The van der Waals surface area contributed by atoms with Crippen LogP contribution in [0, 0.1) is 0 Å². The summed E-state index contributed by atoms with van der Waals surface area (Å²) in [6.07, 6.45) is 4.21. The molecule has 4 nitrogen and oxygen atoms in total. The number of rotatable bonds is 5. The minimum absolute atomic E-state index is 0.483. The van der Waals surface area contributed by atoms with E-state index in [0.717, 1.165) is 17.7 Å². The summed E-state index contributed by atoms with van der Waals surface area (Å²) >= 11 is 0. The minimum Gasteiger partial charge on any atom is -0.466 e. The van der Waals surface area contributed by atoms with Crippen LogP contribution in [0.15, 0.2) is 77.7 Å². The van der Waals surface area contributed by atoms with E-state index in [1.54, 1.807) is 36.4 Å². The zero-order chi connectivity index (χ0) is 20.1. The van der Waals surface area contributed by atoms with Gasteiger partial charge in [-0.05, 0) is 28.8 Å². The Morgan fingerprint density at radius 2 is 1.52 bits per heavy atom. The molecule has 0 aliphatic rings. The zero-order valence-corrected chi connectivity index (χ0v) is 14.9. The van der Waals surface area contributed by atoms with Crippen LogP contribution in [0.3, 0.4) is 0 Å². The van der Waals surface area contributed by atoms with Crippen LogP contribution in [-0.4, -0.2) is 27.0 Å². The van der Waals surface area contributed by atoms with Crippen molar-refractivity contribution >= 4 is 21.4 Å². The van der Waals surface area contributed by atoms with Crippen LogP contribution in [0.4, 0.5) is 13.2 Å². The molecule has 2 rings (SSSR count). The highest BCUT2D eigenvalue weighted by atomic mass is 32.2. The fourth-order valence-corrected chi connectivity index (χ4v) is 2.98. The van der Waals surface area contributed by atoms with Gasteiger partial charge in [0, 0.05) is 6.08 Å². The molecule has 0 aliphatic carbocycles. The molecule has 0 amide bonds. The van der Waals surface area contributed by atoms with E-state index in [1.807, 2.05) is 0 Å². The van der Waals surface area contributed by atoms with Gasteiger partial charge in [0.25, 0.3) is 9.84 Å². The van der Waals surface area contributed by atoms with Gasteiger partial charge in [-0.15, -0.1) is 0 Å². The van der Waals surface area contributed by atoms with Crippen molar-refractivity contribution in [3.63, 3.8) is 0 Å². The second-order valence-electron chi connectivity index (χ2n) is 5.30. The Hall–Kier alpha value is -2.87. The zero-order valence-electron chi connectivity index (χ0n) is 14.1. The number of carbonyl (C=O) groups is 1. The van der Waals surface area contributed by atoms with E-state index >= 15 is 0 Å². The Bertz CT molecular complexity index is 958. The molecular formula is C19H15F3O4S. The summed E-state index contributed by atoms with van der Waals surface area (Å²) < 4.78 is 65.5. The van der Waals surface area contributed by atoms with E-state index in [2.05, 4.69) is 4.74 Å². The normalized spacial score (nSPS) is 13.0. The molecule has 0 atom stereocenters. The van der Waals surface area contributed by atoms with E-state index in [0.29, 0.717) is 11.1 Å². The van der Waals surface area contributed by atoms with Crippen molar-refractivity contribution in [3.05, 3.63) is 84.0 Å². The molecule has 0 saturated carbocycles. The summed E-state index contributed by atoms with van der Waals surface area (Å²) in [5.41, 5.74) is -3.56. The maximum absolute atomic E-state index is 12.7. The lowest BCUT2D eigenvalue weighted by Gasteiger charge is -2.11. The van der Waals surface area contributed by atoms with Gasteiger partial charge < -0.3 is 4.74 Å². The van der Waals surface area contributed by atoms with Gasteiger partial charge in [-0.1, -0.05) is 54.6 Å². The Kier molecular flexibility index (Phi) is 6.22. The average molecular weight is 396 g/mol. The Morgan fingerprint density at radius 1 is 0.963 bits per heavy atom. The number of sulfone groups is 1. The molecule has 0 spiro atoms. The number of allylic oxidation sites excluding steroid dienone is 2. The fraction of sp³-hybridized carbons (Fsp3) is 0.105. The number of carbonyl (C=O) groups excluding carboxylic acids is 1. The molecular weight excluding hydrogens is 381 g/mol. The van der Waals surface area contributed by atoms with Gasteiger partial charge in [-0.25, -0.2) is 13.2 Å². The first kappa shape index (κ1) is 20.4. The molecule has 0 aromatic heterocycles. The number of alkyl halides is 3. The summed E-state index contributed by atoms with van der Waals surface area (Å²) in [5.74, 6) is -0.565. The first-order chi connectivity index (χ1) is 12.7. The van der Waals surface area contributed by atoms with E-state index in [9.17, 15) is 26.4 Å². The van der Waals surface area contributed by atoms with Crippen LogP contribution in [0.5, 0.6) is 0 Å². The van der Waals surface area contributed by atoms with Gasteiger partial charge >= 0.3 is 11.5 Å². The lowest BCUT2D eigenvalue weighted by Crippen LogP contribution is -2.23. The number of hydrogen-bond acceptors (Lipinski definition) is 4. The molecule has 0 aliphatic heterocycles. The number of methoxy groups -OCH3 is 1. The van der Waals surface area contributed by atoms with Crippen LogP contribution in [-0.2, 0) is 19.4 Å². The van der Waals surface area contributed by atoms with Crippen LogP contribution in [0.2, 0.25) is 0 Å². The summed E-state index contributed by atoms with van der Waals surface area (Å²) in [7, 11) is -4.18. The predicted molar refractivity (Wildman–Crippen MR) is 94.4 cm³/mol. The molecule has 0 radical (unpaired) electrons. The summed E-state index contributed by atoms with van der Waals surface area (Å²) in [5, 5.41) is 0. The topological polar surface area (TPSA) is 60.4 Å². The largest absolute Gasteiger partial charge is 0.501 e. The molecule has 0 saturated heterocycles. The lowest BCUT2D eigenvalue weighted by atomic mass is 9.97. The van der Waals surface area contributed by atoms with Crippen molar-refractivity contribution in [2.45, 2.75) is 10.4 Å². The molecule has 0 N–H and O–H groups in total. The Balaban J connectivity index is 2.47. The summed E-state index contributed by atoms with van der Waals surface area (Å²) in [4.78, 5) is 10.4. The second-order valence-corrected chi connectivity index (χ2v) is 7.24. The lowest BCUT2D eigenvalue weighted by molar-refractivity contribution is -0.134. The van der Waals surface area contributed by atoms with E-state index in [1.165, 1.54) is 31.4 Å². The van der Waals surface area contributed by atoms with Crippen LogP contribution in [0.25, 0.3) is 5.57 Å². The van der Waals surface area contributed by atoms with Crippen molar-refractivity contribution in [1.82, 2.24) is 0 Å². The maximum atomic E-state index is 12.7. The van der Waals surface area contributed by atoms with Crippen molar-refractivity contribution in [3.8, 4) is 0 Å². The van der Waals surface area contributed by atoms with Crippen LogP contribution >= 0.6 is 0 Å². The van der Waals surface area contributed by atoms with Gasteiger partial charge in [0.2, 0.25) is 0 Å². The molecule has 0 unspecified atom stereocenters.